The zero-order valence-electron chi connectivity index (χ0n) is 13.4. The lowest BCUT2D eigenvalue weighted by Gasteiger charge is -2.31. The molecule has 0 saturated heterocycles. The minimum atomic E-state index is -0.197. The molecule has 5 heteroatoms. The summed E-state index contributed by atoms with van der Waals surface area (Å²) in [5, 5.41) is 1.26. The standard InChI is InChI=1S/C20H15ClN2O2/c21-13-6-7-14-16(10-13)22-8-9-23-17(24)11-15(12-4-2-1-3-5-12)18(19(14)25)20(22)23/h1-7,10,15H,8-9,11H2. The summed E-state index contributed by atoms with van der Waals surface area (Å²) < 4.78 is 2.07. The van der Waals surface area contributed by atoms with E-state index in [4.69, 9.17) is 11.6 Å². The van der Waals surface area contributed by atoms with Crippen molar-refractivity contribution in [3.05, 3.63) is 74.9 Å². The first-order chi connectivity index (χ1) is 12.1. The molecule has 3 aromatic rings. The number of rotatable bonds is 1. The van der Waals surface area contributed by atoms with E-state index < -0.39 is 0 Å². The van der Waals surface area contributed by atoms with Crippen molar-refractivity contribution in [1.29, 1.82) is 0 Å². The van der Waals surface area contributed by atoms with Crippen LogP contribution in [0.4, 0.5) is 5.82 Å². The van der Waals surface area contributed by atoms with Crippen LogP contribution in [0.2, 0.25) is 5.02 Å². The third kappa shape index (κ3) is 2.01. The summed E-state index contributed by atoms with van der Waals surface area (Å²) >= 11 is 6.15. The van der Waals surface area contributed by atoms with Crippen LogP contribution >= 0.6 is 11.6 Å². The summed E-state index contributed by atoms with van der Waals surface area (Å²) in [5.41, 5.74) is 2.56. The number of amides is 1. The predicted molar refractivity (Wildman–Crippen MR) is 98.5 cm³/mol. The molecule has 2 aromatic carbocycles. The molecule has 1 unspecified atom stereocenters. The third-order valence-electron chi connectivity index (χ3n) is 5.27. The number of benzene rings is 2. The van der Waals surface area contributed by atoms with Crippen molar-refractivity contribution in [2.75, 3.05) is 11.4 Å². The second kappa shape index (κ2) is 5.20. The lowest BCUT2D eigenvalue weighted by molar-refractivity contribution is -0.119. The topological polar surface area (TPSA) is 42.3 Å². The van der Waals surface area contributed by atoms with Gasteiger partial charge in [-0.25, -0.2) is 0 Å². The Morgan fingerprint density at radius 1 is 1.00 bits per heavy atom. The van der Waals surface area contributed by atoms with Gasteiger partial charge in [-0.1, -0.05) is 41.9 Å². The maximum Gasteiger partial charge on any atom is 0.229 e. The number of carbonyl (C=O) groups excluding carboxylic acids is 1. The summed E-state index contributed by atoms with van der Waals surface area (Å²) in [6, 6.07) is 15.2. The van der Waals surface area contributed by atoms with E-state index in [2.05, 4.69) is 4.57 Å². The minimum absolute atomic E-state index is 0.00571. The number of hydrogen-bond donors (Lipinski definition) is 0. The van der Waals surface area contributed by atoms with Crippen molar-refractivity contribution in [3.63, 3.8) is 0 Å². The van der Waals surface area contributed by atoms with E-state index in [1.165, 1.54) is 0 Å². The molecule has 2 aliphatic heterocycles. The Balaban J connectivity index is 1.89. The van der Waals surface area contributed by atoms with Gasteiger partial charge in [-0.3, -0.25) is 14.5 Å². The molecule has 0 fully saturated rings. The second-order valence-electron chi connectivity index (χ2n) is 6.59. The highest BCUT2D eigenvalue weighted by molar-refractivity contribution is 6.31. The monoisotopic (exact) mass is 350 g/mol. The highest BCUT2D eigenvalue weighted by Crippen LogP contribution is 2.42. The van der Waals surface area contributed by atoms with Gasteiger partial charge in [0.1, 0.15) is 5.82 Å². The molecule has 0 radical (unpaired) electrons. The number of pyridine rings is 1. The molecule has 0 aliphatic carbocycles. The maximum absolute atomic E-state index is 13.3. The van der Waals surface area contributed by atoms with E-state index in [1.54, 1.807) is 17.0 Å². The number of nitrogens with zero attached hydrogens (tertiary/aromatic N) is 2. The van der Waals surface area contributed by atoms with Crippen molar-refractivity contribution >= 4 is 34.2 Å². The number of halogens is 1. The Morgan fingerprint density at radius 2 is 1.80 bits per heavy atom. The Labute approximate surface area is 149 Å². The van der Waals surface area contributed by atoms with Crippen LogP contribution in [0.5, 0.6) is 0 Å². The van der Waals surface area contributed by atoms with Gasteiger partial charge >= 0.3 is 0 Å². The summed E-state index contributed by atoms with van der Waals surface area (Å²) in [4.78, 5) is 27.8. The first-order valence-corrected chi connectivity index (χ1v) is 8.74. The van der Waals surface area contributed by atoms with E-state index in [-0.39, 0.29) is 17.3 Å². The van der Waals surface area contributed by atoms with E-state index >= 15 is 0 Å². The van der Waals surface area contributed by atoms with Gasteiger partial charge in [0.05, 0.1) is 5.52 Å². The molecule has 0 spiro atoms. The van der Waals surface area contributed by atoms with Crippen LogP contribution in [0.3, 0.4) is 0 Å². The summed E-state index contributed by atoms with van der Waals surface area (Å²) in [5.74, 6) is 0.634. The number of hydrogen-bond acceptors (Lipinski definition) is 2. The summed E-state index contributed by atoms with van der Waals surface area (Å²) in [7, 11) is 0. The maximum atomic E-state index is 13.3. The van der Waals surface area contributed by atoms with Crippen molar-refractivity contribution in [1.82, 2.24) is 4.57 Å². The van der Waals surface area contributed by atoms with E-state index in [1.807, 2.05) is 36.4 Å². The van der Waals surface area contributed by atoms with Crippen LogP contribution < -0.4 is 10.3 Å². The Bertz CT molecular complexity index is 1090. The van der Waals surface area contributed by atoms with Crippen molar-refractivity contribution in [2.24, 2.45) is 0 Å². The van der Waals surface area contributed by atoms with E-state index in [0.29, 0.717) is 29.9 Å². The minimum Gasteiger partial charge on any atom is -0.325 e. The normalized spacial score (nSPS) is 18.7. The van der Waals surface area contributed by atoms with Gasteiger partial charge in [-0.05, 0) is 23.8 Å². The Hall–Kier alpha value is -2.59. The van der Waals surface area contributed by atoms with E-state index in [9.17, 15) is 9.59 Å². The van der Waals surface area contributed by atoms with Gasteiger partial charge in [-0.15, -0.1) is 0 Å². The number of carbonyl (C=O) groups is 1. The molecule has 5 rings (SSSR count). The Kier molecular flexibility index (Phi) is 3.06. The number of aromatic nitrogens is 1. The molecule has 0 N–H and O–H groups in total. The highest BCUT2D eigenvalue weighted by Gasteiger charge is 2.39. The number of fused-ring (bicyclic) bond motifs is 2. The molecule has 25 heavy (non-hydrogen) atoms. The molecule has 1 atom stereocenters. The van der Waals surface area contributed by atoms with Gasteiger partial charge < -0.3 is 4.57 Å². The number of anilines is 1. The highest BCUT2D eigenvalue weighted by atomic mass is 35.5. The molecule has 4 nitrogen and oxygen atoms in total. The van der Waals surface area contributed by atoms with Crippen molar-refractivity contribution in [2.45, 2.75) is 18.9 Å². The van der Waals surface area contributed by atoms with Crippen LogP contribution in [-0.2, 0) is 11.3 Å². The first-order valence-electron chi connectivity index (χ1n) is 8.36. The van der Waals surface area contributed by atoms with Crippen LogP contribution in [0.25, 0.3) is 10.9 Å². The molecule has 1 aromatic heterocycles. The van der Waals surface area contributed by atoms with E-state index in [0.717, 1.165) is 22.5 Å². The van der Waals surface area contributed by atoms with Crippen LogP contribution in [0, 0.1) is 0 Å². The predicted octanol–water partition coefficient (Wildman–Crippen LogP) is 3.54. The SMILES string of the molecule is O=C1CC(c2ccccc2)c2c3n(c4cc(Cl)ccc4c2=O)CCN13. The molecule has 0 bridgehead atoms. The molecule has 1 amide bonds. The fraction of sp³-hybridized carbons (Fsp3) is 0.200. The van der Waals surface area contributed by atoms with Crippen LogP contribution in [0.1, 0.15) is 23.5 Å². The lowest BCUT2D eigenvalue weighted by Crippen LogP contribution is -2.38. The molecular weight excluding hydrogens is 336 g/mol. The van der Waals surface area contributed by atoms with Gasteiger partial charge in [-0.2, -0.15) is 0 Å². The zero-order chi connectivity index (χ0) is 17.1. The largest absolute Gasteiger partial charge is 0.325 e. The molecule has 2 aliphatic rings. The van der Waals surface area contributed by atoms with Gasteiger partial charge in [0.15, 0.2) is 5.43 Å². The average molecular weight is 351 g/mol. The molecule has 0 saturated carbocycles. The van der Waals surface area contributed by atoms with Crippen molar-refractivity contribution in [3.8, 4) is 0 Å². The van der Waals surface area contributed by atoms with Crippen molar-refractivity contribution < 1.29 is 4.79 Å². The van der Waals surface area contributed by atoms with Gasteiger partial charge in [0.2, 0.25) is 5.91 Å². The van der Waals surface area contributed by atoms with Crippen LogP contribution in [-0.4, -0.2) is 17.0 Å². The third-order valence-corrected chi connectivity index (χ3v) is 5.50. The van der Waals surface area contributed by atoms with Gasteiger partial charge in [0, 0.05) is 41.4 Å². The summed E-state index contributed by atoms with van der Waals surface area (Å²) in [6.45, 7) is 1.30. The Morgan fingerprint density at radius 3 is 2.60 bits per heavy atom. The average Bonchev–Trinajstić information content (AvgIpc) is 3.07. The lowest BCUT2D eigenvalue weighted by atomic mass is 9.85. The molecule has 3 heterocycles. The quantitative estimate of drug-likeness (QED) is 0.673. The van der Waals surface area contributed by atoms with Gasteiger partial charge in [0.25, 0.3) is 0 Å². The van der Waals surface area contributed by atoms with Crippen LogP contribution in [0.15, 0.2) is 53.3 Å². The molecule has 124 valence electrons. The molecular formula is C20H15ClN2O2. The second-order valence-corrected chi connectivity index (χ2v) is 7.03. The fourth-order valence-electron chi connectivity index (χ4n) is 4.16. The summed E-state index contributed by atoms with van der Waals surface area (Å²) in [6.07, 6.45) is 0.339. The smallest absolute Gasteiger partial charge is 0.229 e. The fourth-order valence-corrected chi connectivity index (χ4v) is 4.33. The first kappa shape index (κ1) is 14.7. The zero-order valence-corrected chi connectivity index (χ0v) is 14.2.